The van der Waals surface area contributed by atoms with Crippen LogP contribution < -0.4 is 5.32 Å². The minimum absolute atomic E-state index is 0.00846. The first kappa shape index (κ1) is 15.8. The maximum atomic E-state index is 12.1. The molecule has 2 rings (SSSR count). The number of hydrogen-bond donors (Lipinski definition) is 2. The van der Waals surface area contributed by atoms with Crippen molar-refractivity contribution in [1.82, 2.24) is 0 Å². The summed E-state index contributed by atoms with van der Waals surface area (Å²) in [5, 5.41) is 11.7. The Labute approximate surface area is 138 Å². The van der Waals surface area contributed by atoms with Crippen LogP contribution in [0.1, 0.15) is 20.7 Å². The van der Waals surface area contributed by atoms with Crippen molar-refractivity contribution in [2.45, 2.75) is 0 Å². The summed E-state index contributed by atoms with van der Waals surface area (Å²) < 4.78 is 0.844. The van der Waals surface area contributed by atoms with E-state index in [0.717, 1.165) is 4.47 Å². The van der Waals surface area contributed by atoms with E-state index < -0.39 is 11.9 Å². The summed E-state index contributed by atoms with van der Waals surface area (Å²) in [5.74, 6) is -1.60. The molecule has 1 amide bonds. The number of rotatable bonds is 3. The molecule has 0 aliphatic carbocycles. The zero-order valence-corrected chi connectivity index (χ0v) is 13.5. The normalized spacial score (nSPS) is 10.2. The number of carboxylic acids is 1. The molecule has 0 radical (unpaired) electrons. The molecule has 0 aliphatic rings. The van der Waals surface area contributed by atoms with Crippen LogP contribution in [0, 0.1) is 0 Å². The van der Waals surface area contributed by atoms with E-state index in [-0.39, 0.29) is 21.3 Å². The van der Waals surface area contributed by atoms with Gasteiger partial charge >= 0.3 is 5.97 Å². The topological polar surface area (TPSA) is 66.4 Å². The van der Waals surface area contributed by atoms with Gasteiger partial charge in [-0.15, -0.1) is 0 Å². The number of anilines is 1. The SMILES string of the molecule is O=C(Nc1cc(C(=O)O)c(Cl)cc1Cl)c1ccc(Br)cc1. The number of nitrogens with one attached hydrogen (secondary N) is 1. The Kier molecular flexibility index (Phi) is 4.88. The molecule has 0 saturated carbocycles. The number of benzene rings is 2. The Balaban J connectivity index is 2.30. The van der Waals surface area contributed by atoms with Crippen LogP contribution in [0.5, 0.6) is 0 Å². The molecule has 0 spiro atoms. The molecule has 21 heavy (non-hydrogen) atoms. The van der Waals surface area contributed by atoms with Gasteiger partial charge in [0.2, 0.25) is 0 Å². The fourth-order valence-electron chi connectivity index (χ4n) is 1.60. The lowest BCUT2D eigenvalue weighted by Gasteiger charge is -2.09. The molecule has 0 saturated heterocycles. The highest BCUT2D eigenvalue weighted by Crippen LogP contribution is 2.29. The lowest BCUT2D eigenvalue weighted by molar-refractivity contribution is 0.0696. The summed E-state index contributed by atoms with van der Waals surface area (Å²) >= 11 is 15.0. The Bertz CT molecular complexity index is 717. The predicted molar refractivity (Wildman–Crippen MR) is 85.5 cm³/mol. The van der Waals surface area contributed by atoms with Gasteiger partial charge in [0.1, 0.15) is 0 Å². The lowest BCUT2D eigenvalue weighted by atomic mass is 10.1. The van der Waals surface area contributed by atoms with Gasteiger partial charge in [-0.25, -0.2) is 4.79 Å². The second-order valence-corrected chi connectivity index (χ2v) is 5.81. The first-order valence-electron chi connectivity index (χ1n) is 5.67. The van der Waals surface area contributed by atoms with Crippen molar-refractivity contribution in [3.05, 3.63) is 62.0 Å². The smallest absolute Gasteiger partial charge is 0.337 e. The van der Waals surface area contributed by atoms with Crippen LogP contribution >= 0.6 is 39.1 Å². The summed E-state index contributed by atoms with van der Waals surface area (Å²) in [6.07, 6.45) is 0. The van der Waals surface area contributed by atoms with Crippen LogP contribution in [0.3, 0.4) is 0 Å². The fourth-order valence-corrected chi connectivity index (χ4v) is 2.38. The summed E-state index contributed by atoms with van der Waals surface area (Å²) in [5.41, 5.74) is 0.472. The van der Waals surface area contributed by atoms with Crippen molar-refractivity contribution >= 4 is 56.7 Å². The average molecular weight is 389 g/mol. The molecule has 0 aliphatic heterocycles. The van der Waals surface area contributed by atoms with Crippen LogP contribution in [0.25, 0.3) is 0 Å². The number of carbonyl (C=O) groups excluding carboxylic acids is 1. The molecular weight excluding hydrogens is 381 g/mol. The van der Waals surface area contributed by atoms with E-state index in [4.69, 9.17) is 28.3 Å². The predicted octanol–water partition coefficient (Wildman–Crippen LogP) is 4.71. The van der Waals surface area contributed by atoms with Gasteiger partial charge < -0.3 is 10.4 Å². The third-order valence-corrected chi connectivity index (χ3v) is 3.80. The van der Waals surface area contributed by atoms with Crippen molar-refractivity contribution in [1.29, 1.82) is 0 Å². The highest BCUT2D eigenvalue weighted by Gasteiger charge is 2.15. The molecule has 0 fully saturated rings. The van der Waals surface area contributed by atoms with Crippen LogP contribution in [-0.4, -0.2) is 17.0 Å². The van der Waals surface area contributed by atoms with Gasteiger partial charge in [-0.3, -0.25) is 4.79 Å². The maximum Gasteiger partial charge on any atom is 0.337 e. The third kappa shape index (κ3) is 3.75. The zero-order valence-electron chi connectivity index (χ0n) is 10.4. The minimum Gasteiger partial charge on any atom is -0.478 e. The first-order valence-corrected chi connectivity index (χ1v) is 7.22. The van der Waals surface area contributed by atoms with Gasteiger partial charge in [-0.1, -0.05) is 39.1 Å². The standard InChI is InChI=1S/C14H8BrCl2NO3/c15-8-3-1-7(2-4-8)13(19)18-12-5-9(14(20)21)10(16)6-11(12)17/h1-6H,(H,18,19)(H,20,21). The number of carboxylic acid groups (broad SMARTS) is 1. The number of aromatic carboxylic acids is 1. The molecule has 2 aromatic carbocycles. The maximum absolute atomic E-state index is 12.1. The van der Waals surface area contributed by atoms with Crippen molar-refractivity contribution in [2.75, 3.05) is 5.32 Å². The average Bonchev–Trinajstić information content (AvgIpc) is 2.42. The summed E-state index contributed by atoms with van der Waals surface area (Å²) in [7, 11) is 0. The number of halogens is 3. The van der Waals surface area contributed by atoms with E-state index in [1.807, 2.05) is 0 Å². The second kappa shape index (κ2) is 6.47. The van der Waals surface area contributed by atoms with E-state index >= 15 is 0 Å². The lowest BCUT2D eigenvalue weighted by Crippen LogP contribution is -2.13. The van der Waals surface area contributed by atoms with E-state index in [1.54, 1.807) is 24.3 Å². The highest BCUT2D eigenvalue weighted by molar-refractivity contribution is 9.10. The molecule has 2 N–H and O–H groups in total. The molecule has 0 aromatic heterocycles. The van der Waals surface area contributed by atoms with Crippen molar-refractivity contribution < 1.29 is 14.7 Å². The minimum atomic E-state index is -1.20. The van der Waals surface area contributed by atoms with Crippen LogP contribution in [-0.2, 0) is 0 Å². The summed E-state index contributed by atoms with van der Waals surface area (Å²) in [6, 6.07) is 9.21. The monoisotopic (exact) mass is 387 g/mol. The van der Waals surface area contributed by atoms with Gasteiger partial charge in [-0.2, -0.15) is 0 Å². The van der Waals surface area contributed by atoms with Crippen LogP contribution in [0.4, 0.5) is 5.69 Å². The molecule has 2 aromatic rings. The Morgan fingerprint density at radius 3 is 2.24 bits per heavy atom. The highest BCUT2D eigenvalue weighted by atomic mass is 79.9. The Morgan fingerprint density at radius 2 is 1.67 bits per heavy atom. The molecule has 4 nitrogen and oxygen atoms in total. The number of carbonyl (C=O) groups is 2. The van der Waals surface area contributed by atoms with Crippen molar-refractivity contribution in [3.63, 3.8) is 0 Å². The molecule has 0 heterocycles. The molecule has 7 heteroatoms. The number of hydrogen-bond acceptors (Lipinski definition) is 2. The summed E-state index contributed by atoms with van der Waals surface area (Å²) in [6.45, 7) is 0. The molecular formula is C14H8BrCl2NO3. The first-order chi connectivity index (χ1) is 9.88. The van der Waals surface area contributed by atoms with Crippen molar-refractivity contribution in [3.8, 4) is 0 Å². The largest absolute Gasteiger partial charge is 0.478 e. The second-order valence-electron chi connectivity index (χ2n) is 4.08. The Morgan fingerprint density at radius 1 is 1.05 bits per heavy atom. The van der Waals surface area contributed by atoms with E-state index in [0.29, 0.717) is 5.56 Å². The quantitative estimate of drug-likeness (QED) is 0.800. The number of amides is 1. The molecule has 108 valence electrons. The van der Waals surface area contributed by atoms with Gasteiger partial charge in [0.25, 0.3) is 5.91 Å². The zero-order chi connectivity index (χ0) is 15.6. The molecule has 0 unspecified atom stereocenters. The van der Waals surface area contributed by atoms with Crippen LogP contribution in [0.2, 0.25) is 10.0 Å². The van der Waals surface area contributed by atoms with Gasteiger partial charge in [0.15, 0.2) is 0 Å². The Hall–Kier alpha value is -1.56. The summed E-state index contributed by atoms with van der Waals surface area (Å²) in [4.78, 5) is 23.1. The van der Waals surface area contributed by atoms with Gasteiger partial charge in [0.05, 0.1) is 21.3 Å². The fraction of sp³-hybridized carbons (Fsp3) is 0. The van der Waals surface area contributed by atoms with Crippen LogP contribution in [0.15, 0.2) is 40.9 Å². The van der Waals surface area contributed by atoms with E-state index in [1.165, 1.54) is 12.1 Å². The molecule has 0 atom stereocenters. The third-order valence-electron chi connectivity index (χ3n) is 2.64. The van der Waals surface area contributed by atoms with E-state index in [2.05, 4.69) is 21.2 Å². The van der Waals surface area contributed by atoms with Crippen molar-refractivity contribution in [2.24, 2.45) is 0 Å². The van der Waals surface area contributed by atoms with E-state index in [9.17, 15) is 9.59 Å². The van der Waals surface area contributed by atoms with Gasteiger partial charge in [0, 0.05) is 10.0 Å². The molecule has 0 bridgehead atoms. The van der Waals surface area contributed by atoms with Gasteiger partial charge in [-0.05, 0) is 36.4 Å².